The van der Waals surface area contributed by atoms with Gasteiger partial charge >= 0.3 is 5.97 Å². The number of amides is 1. The van der Waals surface area contributed by atoms with E-state index in [1.54, 1.807) is 41.8 Å². The Morgan fingerprint density at radius 2 is 1.75 bits per heavy atom. The molecule has 0 atom stereocenters. The molecule has 6 nitrogen and oxygen atoms in total. The van der Waals surface area contributed by atoms with Gasteiger partial charge in [0.2, 0.25) is 0 Å². The molecule has 0 bridgehead atoms. The number of halogens is 1. The van der Waals surface area contributed by atoms with Gasteiger partial charge in [0.1, 0.15) is 18.0 Å². The predicted octanol–water partition coefficient (Wildman–Crippen LogP) is 5.45. The first-order valence-electron chi connectivity index (χ1n) is 9.90. The van der Waals surface area contributed by atoms with Crippen LogP contribution in [0.2, 0.25) is 5.02 Å². The molecule has 0 unspecified atom stereocenters. The van der Waals surface area contributed by atoms with Gasteiger partial charge in [-0.05, 0) is 49.4 Å². The lowest BCUT2D eigenvalue weighted by molar-refractivity contribution is -0.143. The number of aromatic nitrogens is 1. The molecule has 0 saturated heterocycles. The minimum absolute atomic E-state index is 0.0964. The highest BCUT2D eigenvalue weighted by atomic mass is 35.5. The molecule has 0 radical (unpaired) electrons. The van der Waals surface area contributed by atoms with E-state index in [-0.39, 0.29) is 13.2 Å². The molecule has 0 N–H and O–H groups in total. The Morgan fingerprint density at radius 1 is 1.00 bits per heavy atom. The van der Waals surface area contributed by atoms with E-state index in [1.165, 1.54) is 11.3 Å². The first-order valence-corrected chi connectivity index (χ1v) is 11.1. The summed E-state index contributed by atoms with van der Waals surface area (Å²) in [5.41, 5.74) is 1.00. The van der Waals surface area contributed by atoms with Gasteiger partial charge in [0.15, 0.2) is 4.80 Å². The average Bonchev–Trinajstić information content (AvgIpc) is 3.12. The molecule has 0 aliphatic rings. The van der Waals surface area contributed by atoms with Crippen molar-refractivity contribution < 1.29 is 19.1 Å². The Labute approximate surface area is 193 Å². The quantitative estimate of drug-likeness (QED) is 0.354. The molecule has 4 aromatic rings. The van der Waals surface area contributed by atoms with Crippen LogP contribution in [0.25, 0.3) is 10.2 Å². The van der Waals surface area contributed by atoms with Crippen molar-refractivity contribution in [1.82, 2.24) is 4.57 Å². The van der Waals surface area contributed by atoms with Gasteiger partial charge in [-0.15, -0.1) is 0 Å². The van der Waals surface area contributed by atoms with Crippen molar-refractivity contribution in [2.45, 2.75) is 13.5 Å². The number of rotatable bonds is 6. The number of thiazole rings is 1. The third kappa shape index (κ3) is 4.90. The van der Waals surface area contributed by atoms with Crippen LogP contribution >= 0.6 is 22.9 Å². The van der Waals surface area contributed by atoms with Crippen molar-refractivity contribution in [2.24, 2.45) is 4.99 Å². The maximum absolute atomic E-state index is 13.0. The smallest absolute Gasteiger partial charge is 0.326 e. The van der Waals surface area contributed by atoms with Gasteiger partial charge in [0.25, 0.3) is 5.91 Å². The molecule has 0 aliphatic carbocycles. The Morgan fingerprint density at radius 3 is 2.53 bits per heavy atom. The molecule has 0 aliphatic heterocycles. The molecule has 32 heavy (non-hydrogen) atoms. The summed E-state index contributed by atoms with van der Waals surface area (Å²) in [6.45, 7) is 1.90. The highest BCUT2D eigenvalue weighted by Gasteiger charge is 2.15. The second kappa shape index (κ2) is 9.80. The number of para-hydroxylation sites is 2. The highest BCUT2D eigenvalue weighted by Crippen LogP contribution is 2.26. The zero-order chi connectivity index (χ0) is 22.5. The molecular weight excluding hydrogens is 448 g/mol. The lowest BCUT2D eigenvalue weighted by atomic mass is 10.2. The van der Waals surface area contributed by atoms with Crippen molar-refractivity contribution in [3.8, 4) is 11.5 Å². The summed E-state index contributed by atoms with van der Waals surface area (Å²) in [6, 6.07) is 21.5. The molecule has 4 rings (SSSR count). The average molecular weight is 467 g/mol. The van der Waals surface area contributed by atoms with Crippen LogP contribution in [0, 0.1) is 0 Å². The van der Waals surface area contributed by atoms with Crippen LogP contribution in [0.15, 0.2) is 77.8 Å². The molecule has 3 aromatic carbocycles. The second-order valence-electron chi connectivity index (χ2n) is 6.72. The number of esters is 1. The van der Waals surface area contributed by atoms with E-state index in [9.17, 15) is 9.59 Å². The molecule has 1 heterocycles. The Kier molecular flexibility index (Phi) is 6.68. The van der Waals surface area contributed by atoms with Crippen LogP contribution in [0.4, 0.5) is 0 Å². The minimum Gasteiger partial charge on any atom is -0.465 e. The molecule has 0 spiro atoms. The summed E-state index contributed by atoms with van der Waals surface area (Å²) in [6.07, 6.45) is 0. The normalized spacial score (nSPS) is 11.5. The van der Waals surface area contributed by atoms with Crippen LogP contribution < -0.4 is 9.54 Å². The maximum atomic E-state index is 13.0. The number of hydrogen-bond donors (Lipinski definition) is 0. The molecule has 0 saturated carbocycles. The fourth-order valence-corrected chi connectivity index (χ4v) is 4.51. The van der Waals surface area contributed by atoms with Gasteiger partial charge in [-0.1, -0.05) is 53.3 Å². The molecule has 1 aromatic heterocycles. The highest BCUT2D eigenvalue weighted by molar-refractivity contribution is 7.16. The number of carbonyl (C=O) groups is 2. The van der Waals surface area contributed by atoms with Gasteiger partial charge in [-0.3, -0.25) is 9.59 Å². The predicted molar refractivity (Wildman–Crippen MR) is 124 cm³/mol. The zero-order valence-electron chi connectivity index (χ0n) is 17.2. The van der Waals surface area contributed by atoms with Crippen molar-refractivity contribution in [3.05, 3.63) is 88.2 Å². The lowest BCUT2D eigenvalue weighted by Crippen LogP contribution is -2.23. The Hall–Kier alpha value is -3.42. The van der Waals surface area contributed by atoms with Crippen LogP contribution in [0.1, 0.15) is 17.3 Å². The molecule has 8 heteroatoms. The van der Waals surface area contributed by atoms with Crippen LogP contribution in [0.3, 0.4) is 0 Å². The van der Waals surface area contributed by atoms with Crippen molar-refractivity contribution >= 4 is 45.0 Å². The Bertz CT molecular complexity index is 1350. The minimum atomic E-state index is -0.455. The topological polar surface area (TPSA) is 69.9 Å². The number of benzene rings is 3. The van der Waals surface area contributed by atoms with Gasteiger partial charge in [0, 0.05) is 5.56 Å². The van der Waals surface area contributed by atoms with Crippen LogP contribution in [-0.4, -0.2) is 23.1 Å². The van der Waals surface area contributed by atoms with E-state index in [2.05, 4.69) is 4.99 Å². The van der Waals surface area contributed by atoms with Crippen molar-refractivity contribution in [3.63, 3.8) is 0 Å². The largest absolute Gasteiger partial charge is 0.465 e. The lowest BCUT2D eigenvalue weighted by Gasteiger charge is -2.07. The first kappa shape index (κ1) is 21.8. The van der Waals surface area contributed by atoms with Crippen LogP contribution in [0.5, 0.6) is 11.5 Å². The van der Waals surface area contributed by atoms with Gasteiger partial charge in [-0.2, -0.15) is 4.99 Å². The summed E-state index contributed by atoms with van der Waals surface area (Å²) >= 11 is 7.66. The summed E-state index contributed by atoms with van der Waals surface area (Å²) in [5, 5.41) is 0.468. The zero-order valence-corrected chi connectivity index (χ0v) is 18.7. The molecule has 0 fully saturated rings. The van der Waals surface area contributed by atoms with E-state index in [1.807, 2.05) is 42.5 Å². The van der Waals surface area contributed by atoms with Gasteiger partial charge in [0.05, 0.1) is 21.8 Å². The van der Waals surface area contributed by atoms with E-state index in [0.717, 1.165) is 4.70 Å². The Balaban J connectivity index is 1.71. The van der Waals surface area contributed by atoms with Crippen molar-refractivity contribution in [2.75, 3.05) is 6.61 Å². The molecule has 1 amide bonds. The van der Waals surface area contributed by atoms with E-state index >= 15 is 0 Å². The number of fused-ring (bicyclic) bond motifs is 1. The van der Waals surface area contributed by atoms with E-state index in [4.69, 9.17) is 21.1 Å². The third-order valence-corrected chi connectivity index (χ3v) is 5.85. The summed E-state index contributed by atoms with van der Waals surface area (Å²) in [4.78, 5) is 29.8. The summed E-state index contributed by atoms with van der Waals surface area (Å²) in [7, 11) is 0. The molecule has 162 valence electrons. The SMILES string of the molecule is CCOC(=O)Cn1c(=NC(=O)c2cccc(Oc3ccccc3)c2)sc2cccc(Cl)c21. The standard InChI is InChI=1S/C24H19ClN2O4S/c1-2-30-21(28)15-27-22-19(25)12-7-13-20(22)32-24(27)26-23(29)16-8-6-11-18(14-16)31-17-9-4-3-5-10-17/h3-14H,2,15H2,1H3. The summed E-state index contributed by atoms with van der Waals surface area (Å²) in [5.74, 6) is 0.305. The summed E-state index contributed by atoms with van der Waals surface area (Å²) < 4.78 is 13.3. The van der Waals surface area contributed by atoms with Gasteiger partial charge in [-0.25, -0.2) is 0 Å². The van der Waals surface area contributed by atoms with E-state index in [0.29, 0.717) is 32.4 Å². The fourth-order valence-electron chi connectivity index (χ4n) is 3.12. The van der Waals surface area contributed by atoms with Gasteiger partial charge < -0.3 is 14.0 Å². The molecular formula is C24H19ClN2O4S. The number of carbonyl (C=O) groups excluding carboxylic acids is 2. The monoisotopic (exact) mass is 466 g/mol. The second-order valence-corrected chi connectivity index (χ2v) is 8.14. The van der Waals surface area contributed by atoms with Crippen LogP contribution in [-0.2, 0) is 16.1 Å². The number of hydrogen-bond acceptors (Lipinski definition) is 5. The number of ether oxygens (including phenoxy) is 2. The third-order valence-electron chi connectivity index (χ3n) is 4.50. The fraction of sp³-hybridized carbons (Fsp3) is 0.125. The first-order chi connectivity index (χ1) is 15.5. The van der Waals surface area contributed by atoms with Crippen molar-refractivity contribution in [1.29, 1.82) is 0 Å². The maximum Gasteiger partial charge on any atom is 0.326 e. The number of nitrogens with zero attached hydrogens (tertiary/aromatic N) is 2. The van der Waals surface area contributed by atoms with E-state index < -0.39 is 11.9 Å².